The maximum atomic E-state index is 16.5. The summed E-state index contributed by atoms with van der Waals surface area (Å²) in [6, 6.07) is 14.3. The second-order valence-electron chi connectivity index (χ2n) is 21.1. The third-order valence-electron chi connectivity index (χ3n) is 17.1. The average Bonchev–Trinajstić information content (AvgIpc) is 3.90. The number of amides is 5. The molecule has 6 fully saturated rings. The molecular formula is C55H59ClF4N8O7. The van der Waals surface area contributed by atoms with Crippen LogP contribution in [0.5, 0.6) is 11.5 Å². The summed E-state index contributed by atoms with van der Waals surface area (Å²) >= 11 is 6.73. The number of hydrogen-bond donors (Lipinski definition) is 4. The zero-order valence-corrected chi connectivity index (χ0v) is 42.4. The van der Waals surface area contributed by atoms with Crippen LogP contribution in [-0.2, 0) is 22.2 Å². The van der Waals surface area contributed by atoms with E-state index in [9.17, 15) is 24.3 Å². The number of aliphatic hydroxyl groups is 1. The number of carbonyl (C=O) groups excluding carboxylic acids is 4. The first kappa shape index (κ1) is 50.9. The lowest BCUT2D eigenvalue weighted by atomic mass is 9.73. The number of nitrogens with one attached hydrogen (secondary N) is 2. The third-order valence-corrected chi connectivity index (χ3v) is 17.5. The van der Waals surface area contributed by atoms with Gasteiger partial charge in [-0.2, -0.15) is 5.10 Å². The highest BCUT2D eigenvalue weighted by molar-refractivity contribution is 6.34. The number of benzene rings is 4. The summed E-state index contributed by atoms with van der Waals surface area (Å²) in [7, 11) is 1.56. The number of aromatic nitrogens is 2. The SMILES string of the molecule is CC1c2c(cc(F)c(Cl)c2-c2c(C(N)=O)ccc(OCCO)c2F)OC1(CNC1CCC(C(=O)N2C3CC(N4CCC(c5c(F)cc6c(N7CCC(=O)NC7=O)nn(C)c6c5F)CC4)CC2C3)CC1)c1ccccc1. The molecule has 2 saturated carbocycles. The van der Waals surface area contributed by atoms with E-state index in [2.05, 4.69) is 25.5 Å². The number of likely N-dealkylation sites (tertiary alicyclic amines) is 1. The molecule has 7 aliphatic rings. The number of anilines is 1. The van der Waals surface area contributed by atoms with Gasteiger partial charge in [-0.1, -0.05) is 48.9 Å². The second-order valence-corrected chi connectivity index (χ2v) is 21.5. The number of primary amides is 1. The molecule has 0 radical (unpaired) electrons. The Bertz CT molecular complexity index is 3100. The average molecular weight is 1060 g/mol. The number of imide groups is 1. The van der Waals surface area contributed by atoms with E-state index in [1.165, 1.54) is 33.8 Å². The van der Waals surface area contributed by atoms with Crippen molar-refractivity contribution in [2.45, 2.75) is 113 Å². The van der Waals surface area contributed by atoms with Crippen LogP contribution in [0.1, 0.15) is 110 Å². The molecule has 4 saturated heterocycles. The number of aryl methyl sites for hydroxylation is 1. The first-order valence-corrected chi connectivity index (χ1v) is 26.3. The molecule has 2 aliphatic carbocycles. The first-order valence-electron chi connectivity index (χ1n) is 26.0. The smallest absolute Gasteiger partial charge is 0.329 e. The van der Waals surface area contributed by atoms with Crippen LogP contribution in [0, 0.1) is 29.2 Å². The van der Waals surface area contributed by atoms with E-state index in [1.807, 2.05) is 37.3 Å². The fourth-order valence-corrected chi connectivity index (χ4v) is 13.5. The third kappa shape index (κ3) is 8.76. The van der Waals surface area contributed by atoms with Crippen molar-refractivity contribution in [3.8, 4) is 22.6 Å². The van der Waals surface area contributed by atoms with Crippen molar-refractivity contribution in [2.75, 3.05) is 44.3 Å². The minimum atomic E-state index is -1.14. The first-order chi connectivity index (χ1) is 36.1. The van der Waals surface area contributed by atoms with Crippen LogP contribution < -0.4 is 30.7 Å². The summed E-state index contributed by atoms with van der Waals surface area (Å²) in [4.78, 5) is 57.2. The number of nitrogens with two attached hydrogens (primary N) is 1. The summed E-state index contributed by atoms with van der Waals surface area (Å²) in [6.07, 6.45) is 6.72. The van der Waals surface area contributed by atoms with Crippen LogP contribution in [0.3, 0.4) is 0 Å². The van der Waals surface area contributed by atoms with Gasteiger partial charge in [-0.25, -0.2) is 22.4 Å². The van der Waals surface area contributed by atoms with Gasteiger partial charge in [0.1, 0.15) is 29.5 Å². The summed E-state index contributed by atoms with van der Waals surface area (Å²) < 4.78 is 78.3. The molecular weight excluding hydrogens is 996 g/mol. The van der Waals surface area contributed by atoms with Crippen LogP contribution in [-0.4, -0.2) is 112 Å². The molecule has 5 aromatic rings. The van der Waals surface area contributed by atoms with Gasteiger partial charge in [-0.05, 0) is 101 Å². The van der Waals surface area contributed by atoms with Crippen molar-refractivity contribution in [1.82, 2.24) is 30.2 Å². The molecule has 4 aromatic carbocycles. The van der Waals surface area contributed by atoms with Crippen molar-refractivity contribution in [3.63, 3.8) is 0 Å². The van der Waals surface area contributed by atoms with Crippen molar-refractivity contribution in [3.05, 3.63) is 105 Å². The lowest BCUT2D eigenvalue weighted by Crippen LogP contribution is -2.67. The van der Waals surface area contributed by atoms with E-state index in [-0.39, 0.29) is 119 Å². The molecule has 5 amide bonds. The number of hydrogen-bond acceptors (Lipinski definition) is 10. The molecule has 4 atom stereocenters. The van der Waals surface area contributed by atoms with E-state index in [4.69, 9.17) is 26.8 Å². The van der Waals surface area contributed by atoms with E-state index in [0.717, 1.165) is 37.7 Å². The van der Waals surface area contributed by atoms with Gasteiger partial charge >= 0.3 is 6.03 Å². The van der Waals surface area contributed by atoms with Gasteiger partial charge < -0.3 is 35.4 Å². The normalized spacial score (nSPS) is 26.0. The highest BCUT2D eigenvalue weighted by Crippen LogP contribution is 2.57. The number of piperidine rings is 2. The summed E-state index contributed by atoms with van der Waals surface area (Å²) in [5.74, 6) is -5.47. The molecule has 5 aliphatic heterocycles. The topological polar surface area (TPSA) is 185 Å². The van der Waals surface area contributed by atoms with E-state index < -0.39 is 64.3 Å². The number of ether oxygens (including phenoxy) is 2. The quantitative estimate of drug-likeness (QED) is 0.0846. The van der Waals surface area contributed by atoms with E-state index in [1.54, 1.807) is 7.05 Å². The van der Waals surface area contributed by atoms with Crippen LogP contribution in [0.2, 0.25) is 5.02 Å². The number of rotatable bonds is 13. The highest BCUT2D eigenvalue weighted by atomic mass is 35.5. The zero-order chi connectivity index (χ0) is 52.6. The Morgan fingerprint density at radius 3 is 2.29 bits per heavy atom. The van der Waals surface area contributed by atoms with Crippen molar-refractivity contribution < 1.29 is 51.3 Å². The van der Waals surface area contributed by atoms with E-state index >= 15 is 17.6 Å². The van der Waals surface area contributed by atoms with Crippen LogP contribution in [0.15, 0.2) is 54.6 Å². The number of carbonyl (C=O) groups is 4. The summed E-state index contributed by atoms with van der Waals surface area (Å²) in [5.41, 5.74) is 5.31. The Balaban J connectivity index is 0.723. The standard InChI is InChI=1S/C55H59ClF4N8O7/c1-28-43-41(26-39(58)47(56)46(43)45-36(51(61)71)12-13-40(48(45)59)74-21-20-69)75-55(28,31-6-4-3-5-7-31)27-62-32-10-8-30(9-11-32)53(72)68-34-22-33(23-35(68)24-34)66-17-14-29(15-18-66)44-38(57)25-37-50(49(44)60)65(2)64-52(37)67-19-16-42(70)63-54(67)73/h3-7,12-13,25-26,28-30,32-35,62,69H,8-11,14-24,27H2,1-2H3,(H2,61,71)(H,63,70,73). The van der Waals surface area contributed by atoms with Gasteiger partial charge in [0.15, 0.2) is 28.8 Å². The fourth-order valence-electron chi connectivity index (χ4n) is 13.3. The Morgan fingerprint density at radius 1 is 0.907 bits per heavy atom. The van der Waals surface area contributed by atoms with Crippen molar-refractivity contribution in [1.29, 1.82) is 0 Å². The molecule has 75 heavy (non-hydrogen) atoms. The fraction of sp³-hybridized carbons (Fsp3) is 0.473. The molecule has 4 unspecified atom stereocenters. The van der Waals surface area contributed by atoms with Crippen LogP contribution >= 0.6 is 11.6 Å². The minimum absolute atomic E-state index is 0.0257. The number of halogens is 5. The summed E-state index contributed by atoms with van der Waals surface area (Å²) in [6.45, 7) is 2.94. The van der Waals surface area contributed by atoms with E-state index in [0.29, 0.717) is 44.3 Å². The predicted octanol–water partition coefficient (Wildman–Crippen LogP) is 7.92. The maximum Gasteiger partial charge on any atom is 0.329 e. The Kier molecular flexibility index (Phi) is 13.6. The van der Waals surface area contributed by atoms with Crippen LogP contribution in [0.4, 0.5) is 28.2 Å². The van der Waals surface area contributed by atoms with Crippen LogP contribution in [0.25, 0.3) is 22.0 Å². The molecule has 5 N–H and O–H groups in total. The lowest BCUT2D eigenvalue weighted by molar-refractivity contribution is -0.159. The molecule has 6 heterocycles. The Labute approximate surface area is 435 Å². The number of fused-ring (bicyclic) bond motifs is 4. The van der Waals surface area contributed by atoms with Gasteiger partial charge in [-0.3, -0.25) is 29.3 Å². The van der Waals surface area contributed by atoms with Gasteiger partial charge in [0.25, 0.3) is 0 Å². The maximum absolute atomic E-state index is 16.5. The van der Waals surface area contributed by atoms with Gasteiger partial charge in [0, 0.05) is 90.9 Å². The molecule has 15 nitrogen and oxygen atoms in total. The van der Waals surface area contributed by atoms with Gasteiger partial charge in [-0.15, -0.1) is 0 Å². The van der Waals surface area contributed by atoms with Gasteiger partial charge in [0.05, 0.1) is 22.6 Å². The molecule has 2 bridgehead atoms. The predicted molar refractivity (Wildman–Crippen MR) is 271 cm³/mol. The second kappa shape index (κ2) is 20.0. The number of nitrogens with zero attached hydrogens (tertiary/aromatic N) is 5. The largest absolute Gasteiger partial charge is 0.488 e. The number of urea groups is 1. The van der Waals surface area contributed by atoms with Crippen molar-refractivity contribution in [2.24, 2.45) is 18.7 Å². The molecule has 0 spiro atoms. The zero-order valence-electron chi connectivity index (χ0n) is 41.7. The monoisotopic (exact) mass is 1050 g/mol. The highest BCUT2D eigenvalue weighted by Gasteiger charge is 2.53. The molecule has 20 heteroatoms. The van der Waals surface area contributed by atoms with Gasteiger partial charge in [0.2, 0.25) is 17.7 Å². The molecule has 396 valence electrons. The number of aliphatic hydroxyl groups excluding tert-OH is 1. The minimum Gasteiger partial charge on any atom is -0.488 e. The summed E-state index contributed by atoms with van der Waals surface area (Å²) in [5, 5.41) is 19.5. The van der Waals surface area contributed by atoms with Crippen molar-refractivity contribution >= 4 is 52.1 Å². The molecule has 1 aromatic heterocycles. The lowest BCUT2D eigenvalue weighted by Gasteiger charge is -2.58. The molecule has 12 rings (SSSR count). The Hall–Kier alpha value is -6.28. The Morgan fingerprint density at radius 2 is 1.61 bits per heavy atom.